The average molecular weight is 340 g/mol. The van der Waals surface area contributed by atoms with Crippen LogP contribution in [0.25, 0.3) is 6.08 Å². The number of carbonyl (C=O) groups is 3. The first-order valence-corrected chi connectivity index (χ1v) is 7.56. The standard InChI is InChI=1S/C18H16N2O5/c1-11-3-6-14(25-11)9-15-16(21)19-18(23)20(17(15)22)10-12-4-7-13(24-2)8-5-12/h3-9H,10H2,1-2H3,(H,19,21,23)/b15-9+. The predicted octanol–water partition coefficient (Wildman–Crippen LogP) is 2.26. The molecule has 0 radical (unpaired) electrons. The molecule has 3 rings (SSSR count). The minimum absolute atomic E-state index is 0.0382. The van der Waals surface area contributed by atoms with Crippen molar-refractivity contribution < 1.29 is 23.5 Å². The van der Waals surface area contributed by atoms with Crippen LogP contribution in [0.1, 0.15) is 17.1 Å². The first-order chi connectivity index (χ1) is 12.0. The second-order valence-electron chi connectivity index (χ2n) is 5.51. The molecule has 7 heteroatoms. The summed E-state index contributed by atoms with van der Waals surface area (Å²) in [5.41, 5.74) is 0.578. The van der Waals surface area contributed by atoms with Crippen molar-refractivity contribution in [2.45, 2.75) is 13.5 Å². The summed E-state index contributed by atoms with van der Waals surface area (Å²) in [6.07, 6.45) is 1.33. The van der Waals surface area contributed by atoms with E-state index in [-0.39, 0.29) is 12.1 Å². The lowest BCUT2D eigenvalue weighted by atomic mass is 10.1. The molecular formula is C18H16N2O5. The molecule has 2 heterocycles. The summed E-state index contributed by atoms with van der Waals surface area (Å²) in [4.78, 5) is 37.6. The molecule has 1 aromatic heterocycles. The minimum Gasteiger partial charge on any atom is -0.497 e. The Morgan fingerprint density at radius 2 is 1.84 bits per heavy atom. The van der Waals surface area contributed by atoms with Gasteiger partial charge in [-0.1, -0.05) is 12.1 Å². The van der Waals surface area contributed by atoms with Gasteiger partial charge < -0.3 is 9.15 Å². The first kappa shape index (κ1) is 16.5. The van der Waals surface area contributed by atoms with Gasteiger partial charge in [0.25, 0.3) is 11.8 Å². The number of hydrogen-bond donors (Lipinski definition) is 1. The Balaban J connectivity index is 1.85. The fourth-order valence-corrected chi connectivity index (χ4v) is 2.42. The van der Waals surface area contributed by atoms with E-state index in [2.05, 4.69) is 5.32 Å². The van der Waals surface area contributed by atoms with Crippen molar-refractivity contribution in [1.82, 2.24) is 10.2 Å². The third kappa shape index (κ3) is 3.45. The number of nitrogens with zero attached hydrogens (tertiary/aromatic N) is 1. The van der Waals surface area contributed by atoms with Crippen LogP contribution in [-0.4, -0.2) is 29.9 Å². The third-order valence-electron chi connectivity index (χ3n) is 3.73. The van der Waals surface area contributed by atoms with Crippen LogP contribution in [0.3, 0.4) is 0 Å². The predicted molar refractivity (Wildman–Crippen MR) is 88.5 cm³/mol. The number of ether oxygens (including phenoxy) is 1. The Morgan fingerprint density at radius 3 is 2.44 bits per heavy atom. The molecule has 0 unspecified atom stereocenters. The van der Waals surface area contributed by atoms with E-state index >= 15 is 0 Å². The zero-order chi connectivity index (χ0) is 18.0. The maximum absolute atomic E-state index is 12.6. The lowest BCUT2D eigenvalue weighted by molar-refractivity contribution is -0.130. The number of rotatable bonds is 4. The van der Waals surface area contributed by atoms with Crippen LogP contribution < -0.4 is 10.1 Å². The fraction of sp³-hybridized carbons (Fsp3) is 0.167. The highest BCUT2D eigenvalue weighted by molar-refractivity contribution is 6.30. The molecule has 0 saturated carbocycles. The van der Waals surface area contributed by atoms with Crippen LogP contribution in [0, 0.1) is 6.92 Å². The summed E-state index contributed by atoms with van der Waals surface area (Å²) in [5.74, 6) is 0.284. The van der Waals surface area contributed by atoms with Crippen LogP contribution in [0.15, 0.2) is 46.4 Å². The minimum atomic E-state index is -0.751. The topological polar surface area (TPSA) is 88.8 Å². The number of methoxy groups -OCH3 is 1. The fourth-order valence-electron chi connectivity index (χ4n) is 2.42. The average Bonchev–Trinajstić information content (AvgIpc) is 3.01. The summed E-state index contributed by atoms with van der Waals surface area (Å²) >= 11 is 0. The van der Waals surface area contributed by atoms with E-state index in [1.54, 1.807) is 50.4 Å². The number of amides is 4. The molecule has 4 amide bonds. The van der Waals surface area contributed by atoms with E-state index in [1.165, 1.54) is 6.08 Å². The normalized spacial score (nSPS) is 16.3. The van der Waals surface area contributed by atoms with Crippen LogP contribution in [0.2, 0.25) is 0 Å². The zero-order valence-corrected chi connectivity index (χ0v) is 13.7. The van der Waals surface area contributed by atoms with Gasteiger partial charge in [-0.05, 0) is 42.8 Å². The molecule has 25 heavy (non-hydrogen) atoms. The summed E-state index contributed by atoms with van der Waals surface area (Å²) in [6.45, 7) is 1.79. The van der Waals surface area contributed by atoms with Crippen molar-refractivity contribution in [3.63, 3.8) is 0 Å². The number of carbonyl (C=O) groups excluding carboxylic acids is 3. The highest BCUT2D eigenvalue weighted by Crippen LogP contribution is 2.19. The van der Waals surface area contributed by atoms with Gasteiger partial charge in [-0.3, -0.25) is 19.8 Å². The quantitative estimate of drug-likeness (QED) is 0.681. The summed E-state index contributed by atoms with van der Waals surface area (Å²) in [7, 11) is 1.55. The second-order valence-corrected chi connectivity index (χ2v) is 5.51. The van der Waals surface area contributed by atoms with E-state index < -0.39 is 17.8 Å². The van der Waals surface area contributed by atoms with Crippen molar-refractivity contribution in [3.05, 3.63) is 59.1 Å². The number of urea groups is 1. The maximum atomic E-state index is 12.6. The van der Waals surface area contributed by atoms with Crippen LogP contribution in [-0.2, 0) is 16.1 Å². The first-order valence-electron chi connectivity index (χ1n) is 7.56. The molecule has 128 valence electrons. The van der Waals surface area contributed by atoms with E-state index in [4.69, 9.17) is 9.15 Å². The Kier molecular flexibility index (Phi) is 4.38. The maximum Gasteiger partial charge on any atom is 0.331 e. The van der Waals surface area contributed by atoms with Crippen molar-refractivity contribution in [2.75, 3.05) is 7.11 Å². The van der Waals surface area contributed by atoms with Crippen molar-refractivity contribution in [1.29, 1.82) is 0 Å². The molecule has 1 fully saturated rings. The van der Waals surface area contributed by atoms with Crippen LogP contribution >= 0.6 is 0 Å². The van der Waals surface area contributed by atoms with Gasteiger partial charge in [0.2, 0.25) is 0 Å². The molecule has 1 aliphatic heterocycles. The molecule has 0 aliphatic carbocycles. The Hall–Kier alpha value is -3.35. The van der Waals surface area contributed by atoms with E-state index in [0.29, 0.717) is 17.3 Å². The Labute approximate surface area is 143 Å². The van der Waals surface area contributed by atoms with Gasteiger partial charge in [0.1, 0.15) is 22.8 Å². The third-order valence-corrected chi connectivity index (χ3v) is 3.73. The number of barbiturate groups is 1. The van der Waals surface area contributed by atoms with Crippen LogP contribution in [0.4, 0.5) is 4.79 Å². The SMILES string of the molecule is COc1ccc(CN2C(=O)NC(=O)/C(=C\c3ccc(C)o3)C2=O)cc1. The zero-order valence-electron chi connectivity index (χ0n) is 13.7. The number of furan rings is 1. The lowest BCUT2D eigenvalue weighted by Gasteiger charge is -2.26. The summed E-state index contributed by atoms with van der Waals surface area (Å²) in [6, 6.07) is 9.57. The van der Waals surface area contributed by atoms with Crippen LogP contribution in [0.5, 0.6) is 5.75 Å². The highest BCUT2D eigenvalue weighted by atomic mass is 16.5. The number of imide groups is 2. The van der Waals surface area contributed by atoms with Crippen molar-refractivity contribution in [3.8, 4) is 5.75 Å². The molecule has 2 aromatic rings. The van der Waals surface area contributed by atoms with Gasteiger partial charge in [0.05, 0.1) is 13.7 Å². The number of nitrogens with one attached hydrogen (secondary N) is 1. The monoisotopic (exact) mass is 340 g/mol. The van der Waals surface area contributed by atoms with Crippen molar-refractivity contribution >= 4 is 23.9 Å². The van der Waals surface area contributed by atoms with Crippen molar-refractivity contribution in [2.24, 2.45) is 0 Å². The van der Waals surface area contributed by atoms with E-state index in [9.17, 15) is 14.4 Å². The number of aryl methyl sites for hydroxylation is 1. The smallest absolute Gasteiger partial charge is 0.331 e. The Morgan fingerprint density at radius 1 is 1.12 bits per heavy atom. The lowest BCUT2D eigenvalue weighted by Crippen LogP contribution is -2.53. The molecule has 0 atom stereocenters. The van der Waals surface area contributed by atoms with Gasteiger partial charge in [0.15, 0.2) is 0 Å². The van der Waals surface area contributed by atoms with Gasteiger partial charge in [-0.15, -0.1) is 0 Å². The molecule has 1 aliphatic rings. The molecule has 7 nitrogen and oxygen atoms in total. The van der Waals surface area contributed by atoms with E-state index in [1.807, 2.05) is 0 Å². The van der Waals surface area contributed by atoms with Gasteiger partial charge in [-0.25, -0.2) is 4.79 Å². The van der Waals surface area contributed by atoms with Gasteiger partial charge in [-0.2, -0.15) is 0 Å². The van der Waals surface area contributed by atoms with Gasteiger partial charge >= 0.3 is 6.03 Å². The Bertz CT molecular complexity index is 864. The molecule has 1 aromatic carbocycles. The second kappa shape index (κ2) is 6.64. The molecule has 0 bridgehead atoms. The largest absolute Gasteiger partial charge is 0.497 e. The van der Waals surface area contributed by atoms with E-state index in [0.717, 1.165) is 10.5 Å². The molecule has 0 spiro atoms. The highest BCUT2D eigenvalue weighted by Gasteiger charge is 2.35. The molecule has 1 saturated heterocycles. The van der Waals surface area contributed by atoms with Gasteiger partial charge in [0, 0.05) is 0 Å². The molecule has 1 N–H and O–H groups in total. The summed E-state index contributed by atoms with van der Waals surface area (Å²) in [5, 5.41) is 2.17. The number of hydrogen-bond acceptors (Lipinski definition) is 5. The summed E-state index contributed by atoms with van der Waals surface area (Å²) < 4.78 is 10.4. The number of benzene rings is 1. The molecular weight excluding hydrogens is 324 g/mol.